The highest BCUT2D eigenvalue weighted by Crippen LogP contribution is 2.32. The maximum Gasteiger partial charge on any atom is 0.329 e. The van der Waals surface area contributed by atoms with Gasteiger partial charge in [-0.15, -0.1) is 0 Å². The molecule has 4 nitrogen and oxygen atoms in total. The molecule has 1 aromatic carbocycles. The van der Waals surface area contributed by atoms with Crippen molar-refractivity contribution >= 4 is 46.7 Å². The Balaban J connectivity index is 3.12. The average Bonchev–Trinajstić information content (AvgIpc) is 2.23. The molecule has 0 spiro atoms. The number of halogens is 3. The molecular formula is C10H8Cl3NO3. The van der Waals surface area contributed by atoms with Crippen LogP contribution in [0.1, 0.15) is 17.3 Å². The van der Waals surface area contributed by atoms with Gasteiger partial charge >= 0.3 is 5.97 Å². The standard InChI is InChI=1S/C10H8Cl3NO3/c1-5(15)17-14(2)10(16)8-6(11)3-4-7(12)9(8)13/h3-4H,1-2H3. The van der Waals surface area contributed by atoms with E-state index in [0.717, 1.165) is 5.06 Å². The lowest BCUT2D eigenvalue weighted by Crippen LogP contribution is -2.29. The molecule has 0 radical (unpaired) electrons. The Labute approximate surface area is 113 Å². The van der Waals surface area contributed by atoms with Gasteiger partial charge in [-0.3, -0.25) is 9.59 Å². The van der Waals surface area contributed by atoms with Crippen molar-refractivity contribution in [1.82, 2.24) is 5.06 Å². The largest absolute Gasteiger partial charge is 0.338 e. The SMILES string of the molecule is CC(=O)ON(C)C(=O)c1c(Cl)ccc(Cl)c1Cl. The predicted octanol–water partition coefficient (Wildman–Crippen LogP) is 3.20. The smallest absolute Gasteiger partial charge is 0.329 e. The zero-order valence-corrected chi connectivity index (χ0v) is 11.2. The van der Waals surface area contributed by atoms with Gasteiger partial charge in [0.1, 0.15) is 0 Å². The van der Waals surface area contributed by atoms with Gasteiger partial charge in [0.2, 0.25) is 0 Å². The van der Waals surface area contributed by atoms with Crippen LogP contribution in [0, 0.1) is 0 Å². The van der Waals surface area contributed by atoms with Gasteiger partial charge in [0.15, 0.2) is 0 Å². The first-order valence-corrected chi connectivity index (χ1v) is 5.58. The number of hydroxylamine groups is 2. The highest BCUT2D eigenvalue weighted by molar-refractivity contribution is 6.46. The number of rotatable bonds is 1. The maximum absolute atomic E-state index is 11.9. The van der Waals surface area contributed by atoms with Gasteiger partial charge in [0, 0.05) is 14.0 Å². The minimum Gasteiger partial charge on any atom is -0.338 e. The summed E-state index contributed by atoms with van der Waals surface area (Å²) in [5, 5.41) is 1.08. The van der Waals surface area contributed by atoms with Crippen LogP contribution in [0.15, 0.2) is 12.1 Å². The molecule has 0 N–H and O–H groups in total. The second kappa shape index (κ2) is 5.58. The fourth-order valence-corrected chi connectivity index (χ4v) is 1.80. The molecule has 92 valence electrons. The van der Waals surface area contributed by atoms with Crippen LogP contribution in [-0.4, -0.2) is 24.0 Å². The summed E-state index contributed by atoms with van der Waals surface area (Å²) in [5.74, 6) is -1.28. The molecule has 0 unspecified atom stereocenters. The lowest BCUT2D eigenvalue weighted by atomic mass is 10.2. The highest BCUT2D eigenvalue weighted by atomic mass is 35.5. The van der Waals surface area contributed by atoms with Gasteiger partial charge in [-0.2, -0.15) is 5.06 Å². The van der Waals surface area contributed by atoms with Gasteiger partial charge in [0.25, 0.3) is 5.91 Å². The van der Waals surface area contributed by atoms with Crippen LogP contribution < -0.4 is 0 Å². The monoisotopic (exact) mass is 295 g/mol. The van der Waals surface area contributed by atoms with Crippen molar-refractivity contribution in [3.8, 4) is 0 Å². The van der Waals surface area contributed by atoms with E-state index in [-0.39, 0.29) is 20.6 Å². The van der Waals surface area contributed by atoms with Crippen molar-refractivity contribution < 1.29 is 14.4 Å². The number of hydrogen-bond donors (Lipinski definition) is 0. The van der Waals surface area contributed by atoms with Gasteiger partial charge in [-0.1, -0.05) is 34.8 Å². The summed E-state index contributed by atoms with van der Waals surface area (Å²) in [6.07, 6.45) is 0. The van der Waals surface area contributed by atoms with E-state index in [1.54, 1.807) is 0 Å². The van der Waals surface area contributed by atoms with E-state index in [2.05, 4.69) is 4.84 Å². The third-order valence-corrected chi connectivity index (χ3v) is 2.93. The van der Waals surface area contributed by atoms with E-state index >= 15 is 0 Å². The van der Waals surface area contributed by atoms with Crippen molar-refractivity contribution in [2.45, 2.75) is 6.92 Å². The van der Waals surface area contributed by atoms with Crippen molar-refractivity contribution in [3.63, 3.8) is 0 Å². The molecule has 0 aliphatic rings. The summed E-state index contributed by atoms with van der Waals surface area (Å²) in [7, 11) is 1.28. The molecule has 0 saturated carbocycles. The molecular weight excluding hydrogens is 288 g/mol. The lowest BCUT2D eigenvalue weighted by Gasteiger charge is -2.16. The minimum atomic E-state index is -0.655. The first-order valence-electron chi connectivity index (χ1n) is 4.44. The maximum atomic E-state index is 11.9. The molecule has 0 atom stereocenters. The van der Waals surface area contributed by atoms with Crippen molar-refractivity contribution in [1.29, 1.82) is 0 Å². The van der Waals surface area contributed by atoms with E-state index < -0.39 is 11.9 Å². The summed E-state index contributed by atoms with van der Waals surface area (Å²) in [4.78, 5) is 27.2. The Morgan fingerprint density at radius 2 is 1.71 bits per heavy atom. The number of benzene rings is 1. The molecule has 0 bridgehead atoms. The van der Waals surface area contributed by atoms with Gasteiger partial charge in [-0.25, -0.2) is 0 Å². The zero-order valence-electron chi connectivity index (χ0n) is 8.96. The summed E-state index contributed by atoms with van der Waals surface area (Å²) < 4.78 is 0. The lowest BCUT2D eigenvalue weighted by molar-refractivity contribution is -0.170. The summed E-state index contributed by atoms with van der Waals surface area (Å²) in [5.41, 5.74) is -0.00965. The molecule has 0 aliphatic carbocycles. The van der Waals surface area contributed by atoms with Crippen molar-refractivity contribution in [3.05, 3.63) is 32.8 Å². The molecule has 1 aromatic rings. The second-order valence-electron chi connectivity index (χ2n) is 3.10. The van der Waals surface area contributed by atoms with Gasteiger partial charge in [-0.05, 0) is 12.1 Å². The van der Waals surface area contributed by atoms with Crippen LogP contribution in [0.2, 0.25) is 15.1 Å². The van der Waals surface area contributed by atoms with Crippen LogP contribution in [0.3, 0.4) is 0 Å². The summed E-state index contributed by atoms with van der Waals surface area (Å²) in [6, 6.07) is 2.90. The van der Waals surface area contributed by atoms with Crippen LogP contribution in [0.4, 0.5) is 0 Å². The second-order valence-corrected chi connectivity index (χ2v) is 4.30. The predicted molar refractivity (Wildman–Crippen MR) is 65.3 cm³/mol. The Bertz CT molecular complexity index is 476. The first kappa shape index (κ1) is 14.1. The molecule has 7 heteroatoms. The fourth-order valence-electron chi connectivity index (χ4n) is 1.11. The van der Waals surface area contributed by atoms with E-state index in [1.165, 1.54) is 26.1 Å². The fraction of sp³-hybridized carbons (Fsp3) is 0.200. The Morgan fingerprint density at radius 1 is 1.18 bits per heavy atom. The van der Waals surface area contributed by atoms with E-state index in [4.69, 9.17) is 34.8 Å². The molecule has 1 amide bonds. The zero-order chi connectivity index (χ0) is 13.2. The molecule has 0 heterocycles. The van der Waals surface area contributed by atoms with Gasteiger partial charge < -0.3 is 4.84 Å². The summed E-state index contributed by atoms with van der Waals surface area (Å²) in [6.45, 7) is 1.17. The topological polar surface area (TPSA) is 46.6 Å². The van der Waals surface area contributed by atoms with Crippen LogP contribution >= 0.6 is 34.8 Å². The Morgan fingerprint density at radius 3 is 2.24 bits per heavy atom. The normalized spacial score (nSPS) is 9.94. The average molecular weight is 297 g/mol. The molecule has 0 fully saturated rings. The number of nitrogens with zero attached hydrogens (tertiary/aromatic N) is 1. The van der Waals surface area contributed by atoms with E-state index in [0.29, 0.717) is 0 Å². The molecule has 1 rings (SSSR count). The molecule has 0 saturated heterocycles. The van der Waals surface area contributed by atoms with Crippen LogP contribution in [0.5, 0.6) is 0 Å². The van der Waals surface area contributed by atoms with E-state index in [9.17, 15) is 9.59 Å². The number of carbonyl (C=O) groups excluding carboxylic acids is 2. The summed E-state index contributed by atoms with van der Waals surface area (Å²) >= 11 is 17.5. The van der Waals surface area contributed by atoms with Gasteiger partial charge in [0.05, 0.1) is 20.6 Å². The molecule has 0 aromatic heterocycles. The Kier molecular flexibility index (Phi) is 4.62. The number of amides is 1. The Hall–Kier alpha value is -0.970. The first-order chi connectivity index (χ1) is 7.84. The molecule has 17 heavy (non-hydrogen) atoms. The third kappa shape index (κ3) is 3.25. The number of hydrogen-bond acceptors (Lipinski definition) is 3. The highest BCUT2D eigenvalue weighted by Gasteiger charge is 2.22. The minimum absolute atomic E-state index is 0.00965. The van der Waals surface area contributed by atoms with Crippen molar-refractivity contribution in [2.75, 3.05) is 7.05 Å². The van der Waals surface area contributed by atoms with Crippen LogP contribution in [-0.2, 0) is 9.63 Å². The van der Waals surface area contributed by atoms with Crippen molar-refractivity contribution in [2.24, 2.45) is 0 Å². The number of carbonyl (C=O) groups is 2. The quantitative estimate of drug-likeness (QED) is 0.590. The van der Waals surface area contributed by atoms with E-state index in [1.807, 2.05) is 0 Å². The molecule has 0 aliphatic heterocycles. The van der Waals surface area contributed by atoms with Crippen LogP contribution in [0.25, 0.3) is 0 Å². The third-order valence-electron chi connectivity index (χ3n) is 1.81.